The lowest BCUT2D eigenvalue weighted by Crippen LogP contribution is -2.31. The third-order valence-electron chi connectivity index (χ3n) is 3.56. The molecule has 0 unspecified atom stereocenters. The van der Waals surface area contributed by atoms with Crippen LogP contribution in [0.5, 0.6) is 5.75 Å². The normalized spacial score (nSPS) is 11.7. The van der Waals surface area contributed by atoms with Crippen molar-refractivity contribution in [2.24, 2.45) is 0 Å². The van der Waals surface area contributed by atoms with Gasteiger partial charge in [0.1, 0.15) is 11.8 Å². The third-order valence-corrected chi connectivity index (χ3v) is 3.85. The Morgan fingerprint density at radius 2 is 1.83 bits per heavy atom. The van der Waals surface area contributed by atoms with Crippen LogP contribution in [0.2, 0.25) is 5.02 Å². The number of rotatable bonds is 6. The number of benzene rings is 2. The average molecular weight is 333 g/mol. The summed E-state index contributed by atoms with van der Waals surface area (Å²) in [7, 11) is 1.56. The van der Waals surface area contributed by atoms with Crippen LogP contribution in [0.15, 0.2) is 42.5 Å². The lowest BCUT2D eigenvalue weighted by molar-refractivity contribution is -0.116. The monoisotopic (exact) mass is 332 g/mol. The highest BCUT2D eigenvalue weighted by molar-refractivity contribution is 6.32. The quantitative estimate of drug-likeness (QED) is 0.826. The molecule has 0 radical (unpaired) electrons. The van der Waals surface area contributed by atoms with Gasteiger partial charge in [0, 0.05) is 11.4 Å². The van der Waals surface area contributed by atoms with Gasteiger partial charge in [0.15, 0.2) is 0 Å². The second-order valence-corrected chi connectivity index (χ2v) is 5.66. The zero-order valence-electron chi connectivity index (χ0n) is 13.5. The van der Waals surface area contributed by atoms with Crippen molar-refractivity contribution in [3.63, 3.8) is 0 Å². The Kier molecular flexibility index (Phi) is 5.88. The molecular formula is C18H21ClN2O2. The van der Waals surface area contributed by atoms with Gasteiger partial charge in [0.2, 0.25) is 5.91 Å². The van der Waals surface area contributed by atoms with Crippen LogP contribution in [0.4, 0.5) is 11.4 Å². The van der Waals surface area contributed by atoms with E-state index in [2.05, 4.69) is 17.6 Å². The highest BCUT2D eigenvalue weighted by Crippen LogP contribution is 2.27. The molecule has 1 atom stereocenters. The molecule has 4 nitrogen and oxygen atoms in total. The minimum Gasteiger partial charge on any atom is -0.495 e. The van der Waals surface area contributed by atoms with Crippen LogP contribution >= 0.6 is 11.6 Å². The molecule has 0 spiro atoms. The molecule has 122 valence electrons. The van der Waals surface area contributed by atoms with Gasteiger partial charge in [0.05, 0.1) is 12.1 Å². The fourth-order valence-corrected chi connectivity index (χ4v) is 2.40. The molecule has 0 saturated heterocycles. The van der Waals surface area contributed by atoms with E-state index >= 15 is 0 Å². The standard InChI is InChI=1S/C18H21ClN2O2/c1-4-13-5-7-14(8-6-13)21-18(22)12(2)20-15-9-10-17(23-3)16(19)11-15/h5-12,20H,4H2,1-3H3,(H,21,22)/t12-/m1/s1. The fourth-order valence-electron chi connectivity index (χ4n) is 2.15. The largest absolute Gasteiger partial charge is 0.495 e. The van der Waals surface area contributed by atoms with E-state index in [0.717, 1.165) is 17.8 Å². The maximum atomic E-state index is 12.2. The second-order valence-electron chi connectivity index (χ2n) is 5.26. The number of aryl methyl sites for hydroxylation is 1. The van der Waals surface area contributed by atoms with Crippen molar-refractivity contribution in [1.29, 1.82) is 0 Å². The van der Waals surface area contributed by atoms with Crippen LogP contribution in [0.25, 0.3) is 0 Å². The lowest BCUT2D eigenvalue weighted by Gasteiger charge is -2.16. The lowest BCUT2D eigenvalue weighted by atomic mass is 10.1. The summed E-state index contributed by atoms with van der Waals surface area (Å²) in [5, 5.41) is 6.52. The van der Waals surface area contributed by atoms with E-state index in [-0.39, 0.29) is 5.91 Å². The summed E-state index contributed by atoms with van der Waals surface area (Å²) >= 11 is 6.09. The minimum absolute atomic E-state index is 0.110. The molecule has 5 heteroatoms. The van der Waals surface area contributed by atoms with Gasteiger partial charge in [-0.25, -0.2) is 0 Å². The van der Waals surface area contributed by atoms with E-state index in [1.807, 2.05) is 30.3 Å². The predicted molar refractivity (Wildman–Crippen MR) is 95.5 cm³/mol. The zero-order valence-corrected chi connectivity index (χ0v) is 14.3. The van der Waals surface area contributed by atoms with E-state index in [4.69, 9.17) is 16.3 Å². The van der Waals surface area contributed by atoms with E-state index < -0.39 is 6.04 Å². The molecule has 0 heterocycles. The summed E-state index contributed by atoms with van der Waals surface area (Å²) in [6.45, 7) is 3.90. The second kappa shape index (κ2) is 7.88. The first-order valence-corrected chi connectivity index (χ1v) is 7.91. The summed E-state index contributed by atoms with van der Waals surface area (Å²) < 4.78 is 5.11. The molecule has 2 aromatic rings. The van der Waals surface area contributed by atoms with Gasteiger partial charge in [-0.3, -0.25) is 4.79 Å². The number of carbonyl (C=O) groups is 1. The van der Waals surface area contributed by atoms with Crippen molar-refractivity contribution < 1.29 is 9.53 Å². The molecule has 0 aliphatic heterocycles. The van der Waals surface area contributed by atoms with Crippen LogP contribution < -0.4 is 15.4 Å². The maximum Gasteiger partial charge on any atom is 0.246 e. The molecule has 2 N–H and O–H groups in total. The molecule has 23 heavy (non-hydrogen) atoms. The molecule has 2 rings (SSSR count). The number of anilines is 2. The van der Waals surface area contributed by atoms with Gasteiger partial charge in [-0.05, 0) is 49.2 Å². The molecule has 0 aliphatic carbocycles. The highest BCUT2D eigenvalue weighted by Gasteiger charge is 2.13. The SMILES string of the molecule is CCc1ccc(NC(=O)[C@@H](C)Nc2ccc(OC)c(Cl)c2)cc1. The van der Waals surface area contributed by atoms with Crippen molar-refractivity contribution in [3.8, 4) is 5.75 Å². The Labute approximate surface area is 141 Å². The summed E-state index contributed by atoms with van der Waals surface area (Å²) in [4.78, 5) is 12.2. The summed E-state index contributed by atoms with van der Waals surface area (Å²) in [6, 6.07) is 12.8. The maximum absolute atomic E-state index is 12.2. The number of nitrogens with one attached hydrogen (secondary N) is 2. The molecule has 1 amide bonds. The first kappa shape index (κ1) is 17.2. The van der Waals surface area contributed by atoms with Gasteiger partial charge < -0.3 is 15.4 Å². The average Bonchev–Trinajstić information content (AvgIpc) is 2.55. The molecule has 0 aromatic heterocycles. The first-order chi connectivity index (χ1) is 11.0. The van der Waals surface area contributed by atoms with Gasteiger partial charge in [-0.15, -0.1) is 0 Å². The smallest absolute Gasteiger partial charge is 0.246 e. The van der Waals surface area contributed by atoms with E-state index in [0.29, 0.717) is 10.8 Å². The molecule has 0 saturated carbocycles. The van der Waals surface area contributed by atoms with Crippen molar-refractivity contribution >= 4 is 28.9 Å². The molecule has 0 bridgehead atoms. The van der Waals surface area contributed by atoms with Crippen LogP contribution in [0, 0.1) is 0 Å². The highest BCUT2D eigenvalue weighted by atomic mass is 35.5. The van der Waals surface area contributed by atoms with Gasteiger partial charge in [0.25, 0.3) is 0 Å². The Bertz CT molecular complexity index is 671. The summed E-state index contributed by atoms with van der Waals surface area (Å²) in [5.41, 5.74) is 2.79. The molecule has 2 aromatic carbocycles. The molecular weight excluding hydrogens is 312 g/mol. The van der Waals surface area contributed by atoms with E-state index in [1.165, 1.54) is 5.56 Å². The van der Waals surface area contributed by atoms with Gasteiger partial charge in [-0.2, -0.15) is 0 Å². The van der Waals surface area contributed by atoms with E-state index in [1.54, 1.807) is 26.2 Å². The Hall–Kier alpha value is -2.20. The number of hydrogen-bond donors (Lipinski definition) is 2. The number of methoxy groups -OCH3 is 1. The Balaban J connectivity index is 1.97. The van der Waals surface area contributed by atoms with Crippen LogP contribution in [-0.2, 0) is 11.2 Å². The third kappa shape index (κ3) is 4.63. The Morgan fingerprint density at radius 3 is 2.39 bits per heavy atom. The van der Waals surface area contributed by atoms with Crippen molar-refractivity contribution in [2.75, 3.05) is 17.7 Å². The van der Waals surface area contributed by atoms with Gasteiger partial charge in [-0.1, -0.05) is 30.7 Å². The number of amides is 1. The van der Waals surface area contributed by atoms with E-state index in [9.17, 15) is 4.79 Å². The summed E-state index contributed by atoms with van der Waals surface area (Å²) in [6.07, 6.45) is 0.977. The van der Waals surface area contributed by atoms with Crippen molar-refractivity contribution in [3.05, 3.63) is 53.1 Å². The fraction of sp³-hybridized carbons (Fsp3) is 0.278. The van der Waals surface area contributed by atoms with Gasteiger partial charge >= 0.3 is 0 Å². The number of ether oxygens (including phenoxy) is 1. The number of carbonyl (C=O) groups excluding carboxylic acids is 1. The first-order valence-electron chi connectivity index (χ1n) is 7.53. The van der Waals surface area contributed by atoms with Crippen LogP contribution in [0.1, 0.15) is 19.4 Å². The number of halogens is 1. The zero-order chi connectivity index (χ0) is 16.8. The van der Waals surface area contributed by atoms with Crippen molar-refractivity contribution in [2.45, 2.75) is 26.3 Å². The topological polar surface area (TPSA) is 50.4 Å². The molecule has 0 fully saturated rings. The van der Waals surface area contributed by atoms with Crippen LogP contribution in [0.3, 0.4) is 0 Å². The summed E-state index contributed by atoms with van der Waals surface area (Å²) in [5.74, 6) is 0.492. The van der Waals surface area contributed by atoms with Crippen LogP contribution in [-0.4, -0.2) is 19.1 Å². The van der Waals surface area contributed by atoms with Crippen molar-refractivity contribution in [1.82, 2.24) is 0 Å². The minimum atomic E-state index is -0.398. The molecule has 0 aliphatic rings. The Morgan fingerprint density at radius 1 is 1.17 bits per heavy atom. The predicted octanol–water partition coefficient (Wildman–Crippen LogP) is 4.35. The number of hydrogen-bond acceptors (Lipinski definition) is 3.